The number of carbonyl (C=O) groups excluding carboxylic acids is 1. The predicted octanol–water partition coefficient (Wildman–Crippen LogP) is 4.79. The Morgan fingerprint density at radius 1 is 1.10 bits per heavy atom. The van der Waals surface area contributed by atoms with Crippen LogP contribution in [0.15, 0.2) is 36.4 Å². The van der Waals surface area contributed by atoms with Crippen molar-refractivity contribution in [1.82, 2.24) is 0 Å². The van der Waals surface area contributed by atoms with E-state index in [1.807, 2.05) is 36.4 Å². The third kappa shape index (κ3) is 4.37. The topological polar surface area (TPSA) is 74.7 Å². The first-order valence-corrected chi connectivity index (χ1v) is 12.8. The van der Waals surface area contributed by atoms with E-state index in [1.165, 1.54) is 11.3 Å². The lowest BCUT2D eigenvalue weighted by atomic mass is 9.82. The number of anilines is 1. The molecule has 2 aromatic rings. The van der Waals surface area contributed by atoms with E-state index in [-0.39, 0.29) is 22.7 Å². The fourth-order valence-electron chi connectivity index (χ4n) is 4.51. The summed E-state index contributed by atoms with van der Waals surface area (Å²) in [6.07, 6.45) is 4.36. The first-order valence-electron chi connectivity index (χ1n) is 10.5. The molecule has 2 atom stereocenters. The van der Waals surface area contributed by atoms with Gasteiger partial charge in [0.15, 0.2) is 0 Å². The molecule has 2 unspecified atom stereocenters. The highest BCUT2D eigenvalue weighted by atomic mass is 32.2. The summed E-state index contributed by atoms with van der Waals surface area (Å²) in [6.45, 7) is 2.21. The smallest absolute Gasteiger partial charge is 0.348 e. The molecule has 0 bridgehead atoms. The van der Waals surface area contributed by atoms with Crippen LogP contribution in [0.5, 0.6) is 0 Å². The lowest BCUT2D eigenvalue weighted by Gasteiger charge is -2.34. The Morgan fingerprint density at radius 3 is 2.40 bits per heavy atom. The molecule has 160 valence electrons. The number of carboxylic acids is 1. The number of benzene rings is 1. The summed E-state index contributed by atoms with van der Waals surface area (Å²) < 4.78 is 12.1. The van der Waals surface area contributed by atoms with Gasteiger partial charge in [-0.25, -0.2) is 4.79 Å². The van der Waals surface area contributed by atoms with Crippen molar-refractivity contribution in [3.8, 4) is 10.4 Å². The van der Waals surface area contributed by atoms with Crippen LogP contribution in [0.4, 0.5) is 5.69 Å². The van der Waals surface area contributed by atoms with E-state index in [9.17, 15) is 18.9 Å². The fraction of sp³-hybridized carbons (Fsp3) is 0.478. The second-order valence-corrected chi connectivity index (χ2v) is 11.1. The largest absolute Gasteiger partial charge is 0.477 e. The summed E-state index contributed by atoms with van der Waals surface area (Å²) in [5, 5.41) is 9.91. The van der Waals surface area contributed by atoms with Crippen LogP contribution < -0.4 is 4.90 Å². The molecule has 1 aliphatic heterocycles. The number of aromatic carboxylic acids is 1. The zero-order valence-electron chi connectivity index (χ0n) is 17.1. The Labute approximate surface area is 183 Å². The van der Waals surface area contributed by atoms with Gasteiger partial charge in [-0.15, -0.1) is 11.3 Å². The van der Waals surface area contributed by atoms with Gasteiger partial charge in [0.25, 0.3) is 0 Å². The molecule has 0 radical (unpaired) electrons. The van der Waals surface area contributed by atoms with Gasteiger partial charge in [0.05, 0.1) is 5.69 Å². The molecule has 7 heteroatoms. The highest BCUT2D eigenvalue weighted by Gasteiger charge is 2.38. The molecule has 1 saturated heterocycles. The van der Waals surface area contributed by atoms with Crippen molar-refractivity contribution < 1.29 is 18.9 Å². The molecule has 1 aromatic carbocycles. The van der Waals surface area contributed by atoms with Crippen LogP contribution in [-0.4, -0.2) is 38.7 Å². The number of hydrogen-bond acceptors (Lipinski definition) is 4. The number of nitrogens with zero attached hydrogens (tertiary/aromatic N) is 1. The van der Waals surface area contributed by atoms with Gasteiger partial charge in [0, 0.05) is 39.1 Å². The first-order chi connectivity index (χ1) is 14.4. The summed E-state index contributed by atoms with van der Waals surface area (Å²) in [7, 11) is -0.959. The maximum Gasteiger partial charge on any atom is 0.348 e. The van der Waals surface area contributed by atoms with Crippen molar-refractivity contribution in [2.24, 2.45) is 11.8 Å². The number of amides is 1. The van der Waals surface area contributed by atoms with Crippen LogP contribution in [0.2, 0.25) is 0 Å². The number of hydrogen-bond donors (Lipinski definition) is 1. The zero-order valence-corrected chi connectivity index (χ0v) is 18.7. The van der Waals surface area contributed by atoms with Crippen molar-refractivity contribution in [3.63, 3.8) is 0 Å². The maximum absolute atomic E-state index is 13.7. The average molecular weight is 446 g/mol. The molecule has 4 rings (SSSR count). The average Bonchev–Trinajstić information content (AvgIpc) is 3.36. The second kappa shape index (κ2) is 9.02. The van der Waals surface area contributed by atoms with Gasteiger partial charge in [0.1, 0.15) is 4.88 Å². The minimum absolute atomic E-state index is 0.00529. The summed E-state index contributed by atoms with van der Waals surface area (Å²) in [5.74, 6) is 0.509. The van der Waals surface area contributed by atoms with Gasteiger partial charge in [-0.1, -0.05) is 37.3 Å². The van der Waals surface area contributed by atoms with Crippen LogP contribution in [0.3, 0.4) is 0 Å². The maximum atomic E-state index is 13.7. The minimum atomic E-state index is -1.02. The minimum Gasteiger partial charge on any atom is -0.477 e. The van der Waals surface area contributed by atoms with Gasteiger partial charge < -0.3 is 10.0 Å². The Balaban J connectivity index is 1.74. The monoisotopic (exact) mass is 445 g/mol. The van der Waals surface area contributed by atoms with E-state index in [0.717, 1.165) is 36.1 Å². The third-order valence-electron chi connectivity index (χ3n) is 6.25. The van der Waals surface area contributed by atoms with Crippen molar-refractivity contribution in [3.05, 3.63) is 41.3 Å². The molecule has 1 aromatic heterocycles. The van der Waals surface area contributed by atoms with E-state index in [0.29, 0.717) is 29.5 Å². The van der Waals surface area contributed by atoms with Crippen molar-refractivity contribution >= 4 is 39.7 Å². The van der Waals surface area contributed by atoms with Gasteiger partial charge in [-0.05, 0) is 49.7 Å². The summed E-state index contributed by atoms with van der Waals surface area (Å²) in [4.78, 5) is 28.5. The van der Waals surface area contributed by atoms with Crippen LogP contribution >= 0.6 is 11.3 Å². The van der Waals surface area contributed by atoms with Crippen LogP contribution in [0, 0.1) is 11.8 Å². The zero-order chi connectivity index (χ0) is 21.3. The summed E-state index contributed by atoms with van der Waals surface area (Å²) >= 11 is 1.20. The van der Waals surface area contributed by atoms with Crippen LogP contribution in [0.1, 0.15) is 48.7 Å². The molecule has 1 amide bonds. The van der Waals surface area contributed by atoms with E-state index >= 15 is 0 Å². The van der Waals surface area contributed by atoms with Crippen LogP contribution in [0.25, 0.3) is 10.4 Å². The quantitative estimate of drug-likeness (QED) is 0.718. The molecule has 2 fully saturated rings. The Bertz CT molecular complexity index is 947. The molecular weight excluding hydrogens is 418 g/mol. The molecule has 30 heavy (non-hydrogen) atoms. The Hall–Kier alpha value is -1.99. The Kier molecular flexibility index (Phi) is 6.39. The molecule has 1 saturated carbocycles. The molecule has 5 nitrogen and oxygen atoms in total. The van der Waals surface area contributed by atoms with E-state index in [2.05, 4.69) is 6.92 Å². The molecule has 2 aliphatic rings. The molecular formula is C23H27NO4S2. The highest BCUT2D eigenvalue weighted by molar-refractivity contribution is 7.85. The number of rotatable bonds is 5. The number of thiophene rings is 1. The van der Waals surface area contributed by atoms with Gasteiger partial charge in [0.2, 0.25) is 5.91 Å². The molecule has 0 spiro atoms. The fourth-order valence-corrected chi connectivity index (χ4v) is 6.95. The standard InChI is InChI=1S/C23H27NO4S2/c1-15-7-9-17(10-8-15)22(25)24(18-11-12-30(28)14-18)19-13-20(29-21(19)23(26)27)16-5-3-2-4-6-16/h2-6,13,15,17-18H,7-12,14H2,1H3,(H,26,27). The predicted molar refractivity (Wildman–Crippen MR) is 122 cm³/mol. The van der Waals surface area contributed by atoms with Crippen molar-refractivity contribution in [2.45, 2.75) is 45.1 Å². The highest BCUT2D eigenvalue weighted by Crippen LogP contribution is 2.40. The third-order valence-corrected chi connectivity index (χ3v) is 8.86. The van der Waals surface area contributed by atoms with E-state index in [1.54, 1.807) is 4.90 Å². The lowest BCUT2D eigenvalue weighted by Crippen LogP contribution is -2.45. The van der Waals surface area contributed by atoms with E-state index in [4.69, 9.17) is 0 Å². The second-order valence-electron chi connectivity index (χ2n) is 8.41. The summed E-state index contributed by atoms with van der Waals surface area (Å²) in [6, 6.07) is 11.3. The molecule has 1 N–H and O–H groups in total. The lowest BCUT2D eigenvalue weighted by molar-refractivity contribution is -0.123. The normalized spacial score (nSPS) is 26.4. The van der Waals surface area contributed by atoms with Crippen molar-refractivity contribution in [2.75, 3.05) is 16.4 Å². The number of carbonyl (C=O) groups is 2. The molecule has 2 heterocycles. The Morgan fingerprint density at radius 2 is 1.80 bits per heavy atom. The molecule has 1 aliphatic carbocycles. The van der Waals surface area contributed by atoms with Gasteiger partial charge in [-0.3, -0.25) is 9.00 Å². The van der Waals surface area contributed by atoms with Gasteiger partial charge in [-0.2, -0.15) is 0 Å². The number of carboxylic acid groups (broad SMARTS) is 1. The van der Waals surface area contributed by atoms with Crippen LogP contribution in [-0.2, 0) is 15.6 Å². The first kappa shape index (κ1) is 21.2. The summed E-state index contributed by atoms with van der Waals surface area (Å²) in [5.41, 5.74) is 1.41. The van der Waals surface area contributed by atoms with Crippen molar-refractivity contribution in [1.29, 1.82) is 0 Å². The SMILES string of the molecule is CC1CCC(C(=O)N(c2cc(-c3ccccc3)sc2C(=O)O)C2CCS(=O)C2)CC1. The van der Waals surface area contributed by atoms with Gasteiger partial charge >= 0.3 is 5.97 Å². The van der Waals surface area contributed by atoms with E-state index < -0.39 is 16.8 Å².